The lowest BCUT2D eigenvalue weighted by molar-refractivity contribution is -0.119. The van der Waals surface area contributed by atoms with Crippen LogP contribution in [0.5, 0.6) is 11.6 Å². The molecule has 170 valence electrons. The van der Waals surface area contributed by atoms with Crippen molar-refractivity contribution >= 4 is 17.5 Å². The van der Waals surface area contributed by atoms with Crippen LogP contribution in [0.25, 0.3) is 0 Å². The minimum absolute atomic E-state index is 0.0647. The summed E-state index contributed by atoms with van der Waals surface area (Å²) < 4.78 is 5.91. The van der Waals surface area contributed by atoms with Crippen LogP contribution in [0.4, 0.5) is 5.69 Å². The molecule has 0 unspecified atom stereocenters. The zero-order valence-electron chi connectivity index (χ0n) is 19.1. The number of carbonyl (C=O) groups excluding carboxylic acids is 2. The maximum absolute atomic E-state index is 13.3. The van der Waals surface area contributed by atoms with Crippen molar-refractivity contribution in [3.05, 3.63) is 47.7 Å². The number of aryl methyl sites for hydroxylation is 1. The molecule has 0 radical (unpaired) electrons. The number of anilines is 1. The van der Waals surface area contributed by atoms with E-state index in [-0.39, 0.29) is 24.2 Å². The molecule has 2 aromatic rings. The summed E-state index contributed by atoms with van der Waals surface area (Å²) in [6.45, 7) is 10.3. The van der Waals surface area contributed by atoms with Crippen LogP contribution in [0, 0.1) is 18.8 Å². The van der Waals surface area contributed by atoms with Crippen molar-refractivity contribution < 1.29 is 14.3 Å². The van der Waals surface area contributed by atoms with E-state index in [1.54, 1.807) is 18.3 Å². The van der Waals surface area contributed by atoms with Crippen molar-refractivity contribution in [2.45, 2.75) is 33.6 Å². The Morgan fingerprint density at radius 3 is 2.78 bits per heavy atom. The van der Waals surface area contributed by atoms with Crippen LogP contribution in [0.1, 0.15) is 42.6 Å². The van der Waals surface area contributed by atoms with Crippen molar-refractivity contribution in [3.63, 3.8) is 0 Å². The van der Waals surface area contributed by atoms with Gasteiger partial charge in [-0.3, -0.25) is 14.5 Å². The normalized spacial score (nSPS) is 20.7. The number of rotatable bonds is 6. The summed E-state index contributed by atoms with van der Waals surface area (Å²) in [5.41, 5.74) is 1.91. The fraction of sp³-hybridized carbons (Fsp3) is 0.480. The molecule has 2 atom stereocenters. The molecule has 1 N–H and O–H groups in total. The van der Waals surface area contributed by atoms with Crippen molar-refractivity contribution in [1.82, 2.24) is 15.2 Å². The van der Waals surface area contributed by atoms with E-state index in [0.29, 0.717) is 23.5 Å². The molecule has 1 fully saturated rings. The van der Waals surface area contributed by atoms with E-state index in [1.807, 2.05) is 25.1 Å². The summed E-state index contributed by atoms with van der Waals surface area (Å²) in [5.74, 6) is 1.76. The maximum atomic E-state index is 13.3. The molecule has 1 saturated heterocycles. The first-order chi connectivity index (χ1) is 15.4. The SMILES string of the molecule is Cc1ccc2c(c1)N(CC(=O)NCCCN1C[C@@H](C)C[C@H](C)C1)C(=O)c1cccnc1O2. The molecule has 3 heterocycles. The Bertz CT molecular complexity index is 983. The fourth-order valence-electron chi connectivity index (χ4n) is 4.78. The first kappa shape index (κ1) is 22.3. The quantitative estimate of drug-likeness (QED) is 0.700. The van der Waals surface area contributed by atoms with Gasteiger partial charge < -0.3 is 15.0 Å². The zero-order chi connectivity index (χ0) is 22.7. The van der Waals surface area contributed by atoms with Gasteiger partial charge in [0, 0.05) is 25.8 Å². The van der Waals surface area contributed by atoms with Crippen LogP contribution >= 0.6 is 0 Å². The Labute approximate surface area is 189 Å². The Hall–Kier alpha value is -2.93. The first-order valence-electron chi connectivity index (χ1n) is 11.4. The number of ether oxygens (including phenoxy) is 1. The number of hydrogen-bond donors (Lipinski definition) is 1. The third kappa shape index (κ3) is 5.10. The summed E-state index contributed by atoms with van der Waals surface area (Å²) in [6, 6.07) is 8.97. The largest absolute Gasteiger partial charge is 0.436 e. The molecule has 4 rings (SSSR count). The van der Waals surface area contributed by atoms with Gasteiger partial charge in [0.25, 0.3) is 5.91 Å². The highest BCUT2D eigenvalue weighted by atomic mass is 16.5. The van der Waals surface area contributed by atoms with Crippen LogP contribution < -0.4 is 15.0 Å². The molecular formula is C25H32N4O3. The fourth-order valence-corrected chi connectivity index (χ4v) is 4.78. The Morgan fingerprint density at radius 2 is 2.00 bits per heavy atom. The highest BCUT2D eigenvalue weighted by Gasteiger charge is 2.30. The second-order valence-corrected chi connectivity index (χ2v) is 9.23. The van der Waals surface area contributed by atoms with Crippen LogP contribution in [0.2, 0.25) is 0 Å². The van der Waals surface area contributed by atoms with E-state index in [0.717, 1.165) is 43.5 Å². The predicted octanol–water partition coefficient (Wildman–Crippen LogP) is 3.63. The molecule has 0 saturated carbocycles. The molecule has 0 bridgehead atoms. The first-order valence-corrected chi connectivity index (χ1v) is 11.4. The van der Waals surface area contributed by atoms with Crippen molar-refractivity contribution in [2.24, 2.45) is 11.8 Å². The van der Waals surface area contributed by atoms with E-state index in [1.165, 1.54) is 11.3 Å². The Kier molecular flexibility index (Phi) is 6.74. The van der Waals surface area contributed by atoms with E-state index >= 15 is 0 Å². The van der Waals surface area contributed by atoms with Crippen LogP contribution in [0.15, 0.2) is 36.5 Å². The van der Waals surface area contributed by atoms with E-state index in [2.05, 4.69) is 29.0 Å². The lowest BCUT2D eigenvalue weighted by atomic mass is 9.92. The summed E-state index contributed by atoms with van der Waals surface area (Å²) in [4.78, 5) is 34.2. The summed E-state index contributed by atoms with van der Waals surface area (Å²) in [6.07, 6.45) is 3.78. The predicted molar refractivity (Wildman–Crippen MR) is 124 cm³/mol. The van der Waals surface area contributed by atoms with E-state index in [9.17, 15) is 9.59 Å². The molecule has 0 spiro atoms. The molecule has 1 aromatic heterocycles. The Morgan fingerprint density at radius 1 is 1.22 bits per heavy atom. The van der Waals surface area contributed by atoms with Gasteiger partial charge in [0.1, 0.15) is 12.1 Å². The van der Waals surface area contributed by atoms with Gasteiger partial charge in [0.05, 0.1) is 5.69 Å². The minimum Gasteiger partial charge on any atom is -0.436 e. The summed E-state index contributed by atoms with van der Waals surface area (Å²) in [7, 11) is 0. The molecule has 1 aromatic carbocycles. The highest BCUT2D eigenvalue weighted by Crippen LogP contribution is 2.38. The number of piperidine rings is 1. The molecule has 32 heavy (non-hydrogen) atoms. The number of likely N-dealkylation sites (tertiary alicyclic amines) is 1. The zero-order valence-corrected chi connectivity index (χ0v) is 19.1. The van der Waals surface area contributed by atoms with Gasteiger partial charge in [-0.15, -0.1) is 0 Å². The number of amides is 2. The lowest BCUT2D eigenvalue weighted by Crippen LogP contribution is -2.42. The third-order valence-corrected chi connectivity index (χ3v) is 6.08. The number of nitrogens with one attached hydrogen (secondary N) is 1. The maximum Gasteiger partial charge on any atom is 0.264 e. The second-order valence-electron chi connectivity index (χ2n) is 9.23. The molecule has 7 nitrogen and oxygen atoms in total. The molecule has 2 aliphatic rings. The van der Waals surface area contributed by atoms with Crippen molar-refractivity contribution in [3.8, 4) is 11.6 Å². The van der Waals surface area contributed by atoms with Gasteiger partial charge in [0.15, 0.2) is 5.75 Å². The number of pyridine rings is 1. The van der Waals surface area contributed by atoms with Crippen molar-refractivity contribution in [1.29, 1.82) is 0 Å². The molecule has 2 amide bonds. The van der Waals surface area contributed by atoms with Gasteiger partial charge in [-0.1, -0.05) is 19.9 Å². The average molecular weight is 437 g/mol. The van der Waals surface area contributed by atoms with Gasteiger partial charge >= 0.3 is 0 Å². The van der Waals surface area contributed by atoms with Gasteiger partial charge in [-0.25, -0.2) is 4.98 Å². The second kappa shape index (κ2) is 9.69. The standard InChI is InChI=1S/C25H32N4O3/c1-17-7-8-22-21(13-17)29(25(31)20-6-4-9-27-24(20)32-22)16-23(30)26-10-5-11-28-14-18(2)12-19(3)15-28/h4,6-9,13,18-19H,5,10-12,14-16H2,1-3H3,(H,26,30)/t18-,19-/m0/s1. The van der Waals surface area contributed by atoms with Crippen LogP contribution in [-0.4, -0.2) is 54.4 Å². The number of aromatic nitrogens is 1. The lowest BCUT2D eigenvalue weighted by Gasteiger charge is -2.34. The van der Waals surface area contributed by atoms with Crippen LogP contribution in [-0.2, 0) is 4.79 Å². The number of carbonyl (C=O) groups is 2. The highest BCUT2D eigenvalue weighted by molar-refractivity contribution is 6.11. The van der Waals surface area contributed by atoms with Gasteiger partial charge in [-0.05, 0) is 68.0 Å². The number of hydrogen-bond acceptors (Lipinski definition) is 5. The van der Waals surface area contributed by atoms with Crippen molar-refractivity contribution in [2.75, 3.05) is 37.6 Å². The summed E-state index contributed by atoms with van der Waals surface area (Å²) in [5, 5.41) is 2.99. The summed E-state index contributed by atoms with van der Waals surface area (Å²) >= 11 is 0. The third-order valence-electron chi connectivity index (χ3n) is 6.08. The van der Waals surface area contributed by atoms with Crippen LogP contribution in [0.3, 0.4) is 0 Å². The van der Waals surface area contributed by atoms with Gasteiger partial charge in [0.2, 0.25) is 11.8 Å². The smallest absolute Gasteiger partial charge is 0.264 e. The number of benzene rings is 1. The molecular weight excluding hydrogens is 404 g/mol. The van der Waals surface area contributed by atoms with E-state index in [4.69, 9.17) is 4.74 Å². The minimum atomic E-state index is -0.288. The average Bonchev–Trinajstić information content (AvgIpc) is 2.86. The monoisotopic (exact) mass is 436 g/mol. The number of nitrogens with zero attached hydrogens (tertiary/aromatic N) is 3. The molecule has 7 heteroatoms. The Balaban J connectivity index is 1.39. The molecule has 0 aliphatic carbocycles. The topological polar surface area (TPSA) is 74.8 Å². The van der Waals surface area contributed by atoms with E-state index < -0.39 is 0 Å². The van der Waals surface area contributed by atoms with Gasteiger partial charge in [-0.2, -0.15) is 0 Å². The molecule has 2 aliphatic heterocycles. The number of fused-ring (bicyclic) bond motifs is 2.